The molecule has 0 aliphatic rings. The molecule has 0 fully saturated rings. The Labute approximate surface area is 134 Å². The minimum absolute atomic E-state index is 0.334. The van der Waals surface area contributed by atoms with Crippen LogP contribution in [0.2, 0.25) is 10.0 Å². The van der Waals surface area contributed by atoms with Crippen molar-refractivity contribution in [1.29, 1.82) is 0 Å². The van der Waals surface area contributed by atoms with E-state index in [0.29, 0.717) is 16.6 Å². The SMILES string of the molecule is CN(Cc1cccc(Cl)c1)c1ccc(Cl)cc1C(N)=S. The molecule has 2 aromatic carbocycles. The van der Waals surface area contributed by atoms with Crippen LogP contribution >= 0.6 is 35.4 Å². The Hall–Kier alpha value is -1.29. The molecule has 2 nitrogen and oxygen atoms in total. The van der Waals surface area contributed by atoms with E-state index >= 15 is 0 Å². The van der Waals surface area contributed by atoms with Gasteiger partial charge in [0.15, 0.2) is 0 Å². The number of halogens is 2. The topological polar surface area (TPSA) is 29.3 Å². The molecule has 2 aromatic rings. The van der Waals surface area contributed by atoms with Crippen molar-refractivity contribution in [2.45, 2.75) is 6.54 Å². The lowest BCUT2D eigenvalue weighted by molar-refractivity contribution is 0.922. The highest BCUT2D eigenvalue weighted by Crippen LogP contribution is 2.25. The van der Waals surface area contributed by atoms with Crippen molar-refractivity contribution in [2.75, 3.05) is 11.9 Å². The summed E-state index contributed by atoms with van der Waals surface area (Å²) in [6.45, 7) is 0.706. The smallest absolute Gasteiger partial charge is 0.106 e. The van der Waals surface area contributed by atoms with Gasteiger partial charge >= 0.3 is 0 Å². The Balaban J connectivity index is 2.29. The standard InChI is InChI=1S/C15H14Cl2N2S/c1-19(9-10-3-2-4-11(16)7-10)14-6-5-12(17)8-13(14)15(18)20/h2-8H,9H2,1H3,(H2,18,20). The average Bonchev–Trinajstić information content (AvgIpc) is 2.38. The van der Waals surface area contributed by atoms with Crippen molar-refractivity contribution < 1.29 is 0 Å². The molecule has 20 heavy (non-hydrogen) atoms. The zero-order valence-corrected chi connectivity index (χ0v) is 13.3. The maximum atomic E-state index is 6.00. The first kappa shape index (κ1) is 15.1. The first-order valence-corrected chi connectivity index (χ1v) is 7.18. The Bertz CT molecular complexity index is 644. The van der Waals surface area contributed by atoms with E-state index in [9.17, 15) is 0 Å². The van der Waals surface area contributed by atoms with Crippen LogP contribution in [0.3, 0.4) is 0 Å². The second-order valence-corrected chi connectivity index (χ2v) is 5.82. The zero-order chi connectivity index (χ0) is 14.7. The summed E-state index contributed by atoms with van der Waals surface area (Å²) in [5.74, 6) is 0. The van der Waals surface area contributed by atoms with E-state index in [1.807, 2.05) is 43.4 Å². The van der Waals surface area contributed by atoms with Gasteiger partial charge in [-0.2, -0.15) is 0 Å². The normalized spacial score (nSPS) is 10.3. The van der Waals surface area contributed by atoms with E-state index in [2.05, 4.69) is 4.90 Å². The molecule has 2 N–H and O–H groups in total. The van der Waals surface area contributed by atoms with Gasteiger partial charge in [0, 0.05) is 34.9 Å². The quantitative estimate of drug-likeness (QED) is 0.852. The maximum Gasteiger partial charge on any atom is 0.106 e. The van der Waals surface area contributed by atoms with E-state index < -0.39 is 0 Å². The molecule has 0 spiro atoms. The van der Waals surface area contributed by atoms with Gasteiger partial charge in [0.05, 0.1) is 0 Å². The summed E-state index contributed by atoms with van der Waals surface area (Å²) >= 11 is 17.1. The lowest BCUT2D eigenvalue weighted by atomic mass is 10.1. The highest BCUT2D eigenvalue weighted by Gasteiger charge is 2.11. The van der Waals surface area contributed by atoms with Crippen LogP contribution in [0.5, 0.6) is 0 Å². The van der Waals surface area contributed by atoms with E-state index in [4.69, 9.17) is 41.2 Å². The molecule has 104 valence electrons. The third-order valence-electron chi connectivity index (χ3n) is 2.94. The van der Waals surface area contributed by atoms with E-state index in [1.54, 1.807) is 6.07 Å². The second-order valence-electron chi connectivity index (χ2n) is 4.51. The lowest BCUT2D eigenvalue weighted by Gasteiger charge is -2.22. The molecule has 0 aliphatic carbocycles. The van der Waals surface area contributed by atoms with Gasteiger partial charge in [0.25, 0.3) is 0 Å². The first-order chi connectivity index (χ1) is 9.47. The van der Waals surface area contributed by atoms with Crippen LogP contribution in [0.25, 0.3) is 0 Å². The van der Waals surface area contributed by atoms with Crippen LogP contribution in [-0.4, -0.2) is 12.0 Å². The van der Waals surface area contributed by atoms with Crippen molar-refractivity contribution in [3.8, 4) is 0 Å². The highest BCUT2D eigenvalue weighted by molar-refractivity contribution is 7.80. The first-order valence-electron chi connectivity index (χ1n) is 6.02. The molecule has 0 heterocycles. The fraction of sp³-hybridized carbons (Fsp3) is 0.133. The van der Waals surface area contributed by atoms with E-state index in [-0.39, 0.29) is 0 Å². The van der Waals surface area contributed by atoms with Crippen LogP contribution in [0.15, 0.2) is 42.5 Å². The molecular weight excluding hydrogens is 311 g/mol. The number of benzene rings is 2. The summed E-state index contributed by atoms with van der Waals surface area (Å²) in [7, 11) is 1.98. The maximum absolute atomic E-state index is 6.00. The molecular formula is C15H14Cl2N2S. The van der Waals surface area contributed by atoms with Crippen LogP contribution in [0.1, 0.15) is 11.1 Å². The predicted octanol–water partition coefficient (Wildman–Crippen LogP) is 4.26. The summed E-state index contributed by atoms with van der Waals surface area (Å²) in [5.41, 5.74) is 8.60. The van der Waals surface area contributed by atoms with E-state index in [1.165, 1.54) is 0 Å². The number of nitrogens with two attached hydrogens (primary N) is 1. The van der Waals surface area contributed by atoms with Gasteiger partial charge in [-0.1, -0.05) is 47.6 Å². The largest absolute Gasteiger partial charge is 0.389 e. The third-order valence-corrected chi connectivity index (χ3v) is 3.63. The van der Waals surface area contributed by atoms with Crippen LogP contribution in [-0.2, 0) is 6.54 Å². The molecule has 0 aromatic heterocycles. The Morgan fingerprint density at radius 3 is 2.50 bits per heavy atom. The number of thiocarbonyl (C=S) groups is 1. The number of rotatable bonds is 4. The van der Waals surface area contributed by atoms with E-state index in [0.717, 1.165) is 21.8 Å². The van der Waals surface area contributed by atoms with Crippen LogP contribution < -0.4 is 10.6 Å². The molecule has 0 bridgehead atoms. The lowest BCUT2D eigenvalue weighted by Crippen LogP contribution is -2.21. The molecule has 0 saturated heterocycles. The third kappa shape index (κ3) is 3.63. The minimum atomic E-state index is 0.334. The molecule has 0 aliphatic heterocycles. The van der Waals surface area contributed by atoms with Gasteiger partial charge in [-0.3, -0.25) is 0 Å². The molecule has 0 unspecified atom stereocenters. The van der Waals surface area contributed by atoms with Gasteiger partial charge in [0.1, 0.15) is 4.99 Å². The van der Waals surface area contributed by atoms with Crippen molar-refractivity contribution in [3.05, 3.63) is 63.6 Å². The van der Waals surface area contributed by atoms with Crippen molar-refractivity contribution in [2.24, 2.45) is 5.73 Å². The number of anilines is 1. The summed E-state index contributed by atoms with van der Waals surface area (Å²) in [6, 6.07) is 13.3. The van der Waals surface area contributed by atoms with Crippen molar-refractivity contribution in [3.63, 3.8) is 0 Å². The molecule has 0 radical (unpaired) electrons. The van der Waals surface area contributed by atoms with Crippen molar-refractivity contribution in [1.82, 2.24) is 0 Å². The summed E-state index contributed by atoms with van der Waals surface area (Å²) < 4.78 is 0. The van der Waals surface area contributed by atoms with Gasteiger partial charge in [-0.05, 0) is 35.9 Å². The molecule has 2 rings (SSSR count). The van der Waals surface area contributed by atoms with Crippen LogP contribution in [0, 0.1) is 0 Å². The Morgan fingerprint density at radius 1 is 1.15 bits per heavy atom. The monoisotopic (exact) mass is 324 g/mol. The molecule has 0 atom stereocenters. The second kappa shape index (κ2) is 6.44. The molecule has 5 heteroatoms. The van der Waals surface area contributed by atoms with Crippen molar-refractivity contribution >= 4 is 46.1 Å². The predicted molar refractivity (Wildman–Crippen MR) is 90.9 cm³/mol. The Morgan fingerprint density at radius 2 is 1.85 bits per heavy atom. The zero-order valence-electron chi connectivity index (χ0n) is 10.9. The number of hydrogen-bond donors (Lipinski definition) is 1. The fourth-order valence-corrected chi connectivity index (χ4v) is 2.58. The molecule has 0 amide bonds. The van der Waals surface area contributed by atoms with Gasteiger partial charge in [-0.25, -0.2) is 0 Å². The number of nitrogens with zero attached hydrogens (tertiary/aromatic N) is 1. The summed E-state index contributed by atoms with van der Waals surface area (Å²) in [4.78, 5) is 2.40. The fourth-order valence-electron chi connectivity index (χ4n) is 2.03. The van der Waals surface area contributed by atoms with Gasteiger partial charge < -0.3 is 10.6 Å². The molecule has 0 saturated carbocycles. The number of hydrogen-bond acceptors (Lipinski definition) is 2. The van der Waals surface area contributed by atoms with Gasteiger partial charge in [-0.15, -0.1) is 0 Å². The average molecular weight is 325 g/mol. The highest BCUT2D eigenvalue weighted by atomic mass is 35.5. The minimum Gasteiger partial charge on any atom is -0.389 e. The Kier molecular flexibility index (Phi) is 4.86. The summed E-state index contributed by atoms with van der Waals surface area (Å²) in [6.07, 6.45) is 0. The van der Waals surface area contributed by atoms with Gasteiger partial charge in [0.2, 0.25) is 0 Å². The summed E-state index contributed by atoms with van der Waals surface area (Å²) in [5, 5.41) is 1.34. The van der Waals surface area contributed by atoms with Crippen LogP contribution in [0.4, 0.5) is 5.69 Å².